The molecule has 0 atom stereocenters. The number of nitrogens with zero attached hydrogens (tertiary/aromatic N) is 3. The van der Waals surface area contributed by atoms with Crippen LogP contribution in [0.2, 0.25) is 0 Å². The Labute approximate surface area is 64.2 Å². The van der Waals surface area contributed by atoms with E-state index in [-0.39, 0.29) is 0 Å². The molecule has 1 aromatic heterocycles. The molecule has 0 unspecified atom stereocenters. The molecule has 1 rings (SSSR count). The minimum atomic E-state index is 0.404. The van der Waals surface area contributed by atoms with Crippen LogP contribution in [0.5, 0.6) is 0 Å². The van der Waals surface area contributed by atoms with Crippen molar-refractivity contribution >= 4 is 6.08 Å². The van der Waals surface area contributed by atoms with Crippen LogP contribution < -0.4 is 0 Å². The first kappa shape index (κ1) is 7.44. The first-order valence-corrected chi connectivity index (χ1v) is 3.23. The highest BCUT2D eigenvalue weighted by molar-refractivity contribution is 5.47. The average Bonchev–Trinajstić information content (AvgIpc) is 2.50. The summed E-state index contributed by atoms with van der Waals surface area (Å²) >= 11 is 0. The molecule has 4 heteroatoms. The van der Waals surface area contributed by atoms with E-state index in [0.29, 0.717) is 6.54 Å². The lowest BCUT2D eigenvalue weighted by atomic mass is 10.3. The van der Waals surface area contributed by atoms with Crippen LogP contribution in [0.1, 0.15) is 5.56 Å². The summed E-state index contributed by atoms with van der Waals surface area (Å²) in [7, 11) is 0. The van der Waals surface area contributed by atoms with Crippen LogP contribution in [0.4, 0.5) is 0 Å². The Morgan fingerprint density at radius 3 is 3.27 bits per heavy atom. The third-order valence-electron chi connectivity index (χ3n) is 1.18. The van der Waals surface area contributed by atoms with Crippen LogP contribution in [0.25, 0.3) is 16.5 Å². The number of hydrogen-bond donors (Lipinski definition) is 1. The summed E-state index contributed by atoms with van der Waals surface area (Å²) in [5.41, 5.74) is 9.02. The van der Waals surface area contributed by atoms with Gasteiger partial charge in [-0.1, -0.05) is 17.3 Å². The molecular formula is C7H8N4. The summed E-state index contributed by atoms with van der Waals surface area (Å²) < 4.78 is 0. The number of azide groups is 1. The molecule has 0 aliphatic heterocycles. The highest BCUT2D eigenvalue weighted by Gasteiger charge is 1.81. The van der Waals surface area contributed by atoms with Gasteiger partial charge in [-0.2, -0.15) is 0 Å². The normalized spacial score (nSPS) is 9.82. The summed E-state index contributed by atoms with van der Waals surface area (Å²) in [5, 5.41) is 3.35. The lowest BCUT2D eigenvalue weighted by molar-refractivity contribution is 1.22. The molecule has 0 radical (unpaired) electrons. The van der Waals surface area contributed by atoms with Gasteiger partial charge in [0.15, 0.2) is 0 Å². The second-order valence-corrected chi connectivity index (χ2v) is 1.96. The van der Waals surface area contributed by atoms with Gasteiger partial charge in [-0.25, -0.2) is 0 Å². The molecule has 4 nitrogen and oxygen atoms in total. The van der Waals surface area contributed by atoms with Gasteiger partial charge in [0.2, 0.25) is 0 Å². The van der Waals surface area contributed by atoms with E-state index in [0.717, 1.165) is 5.56 Å². The molecule has 0 fully saturated rings. The van der Waals surface area contributed by atoms with Crippen molar-refractivity contribution in [3.05, 3.63) is 40.5 Å². The third kappa shape index (κ3) is 2.60. The molecule has 56 valence electrons. The van der Waals surface area contributed by atoms with Crippen molar-refractivity contribution < 1.29 is 0 Å². The van der Waals surface area contributed by atoms with Crippen molar-refractivity contribution in [3.8, 4) is 0 Å². The van der Waals surface area contributed by atoms with Crippen molar-refractivity contribution in [2.75, 3.05) is 6.54 Å². The zero-order valence-electron chi connectivity index (χ0n) is 5.94. The minimum absolute atomic E-state index is 0.404. The van der Waals surface area contributed by atoms with Crippen molar-refractivity contribution in [3.63, 3.8) is 0 Å². The number of aromatic nitrogens is 1. The van der Waals surface area contributed by atoms with Crippen molar-refractivity contribution in [2.45, 2.75) is 0 Å². The smallest absolute Gasteiger partial charge is 0.0443 e. The zero-order valence-corrected chi connectivity index (χ0v) is 5.94. The highest BCUT2D eigenvalue weighted by atomic mass is 15.1. The maximum atomic E-state index is 7.94. The van der Waals surface area contributed by atoms with Gasteiger partial charge in [-0.3, -0.25) is 0 Å². The van der Waals surface area contributed by atoms with Gasteiger partial charge >= 0.3 is 0 Å². The third-order valence-corrected chi connectivity index (χ3v) is 1.18. The Morgan fingerprint density at radius 1 is 1.73 bits per heavy atom. The zero-order chi connectivity index (χ0) is 7.94. The van der Waals surface area contributed by atoms with Crippen molar-refractivity contribution in [1.82, 2.24) is 4.98 Å². The van der Waals surface area contributed by atoms with Gasteiger partial charge in [0, 0.05) is 23.9 Å². The lowest BCUT2D eigenvalue weighted by Crippen LogP contribution is -1.66. The largest absolute Gasteiger partial charge is 0.367 e. The van der Waals surface area contributed by atoms with E-state index in [9.17, 15) is 0 Å². The maximum absolute atomic E-state index is 7.94. The molecule has 0 bridgehead atoms. The fourth-order valence-corrected chi connectivity index (χ4v) is 0.713. The molecular weight excluding hydrogens is 140 g/mol. The Morgan fingerprint density at radius 2 is 2.64 bits per heavy atom. The fourth-order valence-electron chi connectivity index (χ4n) is 0.713. The maximum Gasteiger partial charge on any atom is 0.0443 e. The van der Waals surface area contributed by atoms with Crippen LogP contribution >= 0.6 is 0 Å². The van der Waals surface area contributed by atoms with Crippen LogP contribution in [-0.4, -0.2) is 11.5 Å². The monoisotopic (exact) mass is 148 g/mol. The van der Waals surface area contributed by atoms with Gasteiger partial charge in [0.05, 0.1) is 0 Å². The van der Waals surface area contributed by atoms with E-state index < -0.39 is 0 Å². The van der Waals surface area contributed by atoms with Crippen LogP contribution in [-0.2, 0) is 0 Å². The molecule has 1 heterocycles. The van der Waals surface area contributed by atoms with E-state index in [1.807, 2.05) is 30.6 Å². The van der Waals surface area contributed by atoms with Crippen LogP contribution in [0.3, 0.4) is 0 Å². The topological polar surface area (TPSA) is 64.6 Å². The summed E-state index contributed by atoms with van der Waals surface area (Å²) in [6, 6.07) is 1.94. The van der Waals surface area contributed by atoms with E-state index >= 15 is 0 Å². The molecule has 0 amide bonds. The number of aromatic amines is 1. The second kappa shape index (κ2) is 4.19. The Bertz CT molecular complexity index is 267. The average molecular weight is 148 g/mol. The summed E-state index contributed by atoms with van der Waals surface area (Å²) in [5.74, 6) is 0. The van der Waals surface area contributed by atoms with E-state index in [2.05, 4.69) is 15.0 Å². The molecule has 0 saturated carbocycles. The van der Waals surface area contributed by atoms with Crippen molar-refractivity contribution in [2.24, 2.45) is 5.11 Å². The predicted octanol–water partition coefficient (Wildman–Crippen LogP) is 2.34. The van der Waals surface area contributed by atoms with E-state index in [1.165, 1.54) is 0 Å². The Hall–Kier alpha value is -1.67. The number of hydrogen-bond acceptors (Lipinski definition) is 1. The fraction of sp³-hybridized carbons (Fsp3) is 0.143. The Kier molecular flexibility index (Phi) is 2.84. The number of nitrogens with one attached hydrogen (secondary N) is 1. The van der Waals surface area contributed by atoms with Gasteiger partial charge in [-0.05, 0) is 17.2 Å². The summed E-state index contributed by atoms with van der Waals surface area (Å²) in [6.45, 7) is 0.404. The van der Waals surface area contributed by atoms with Crippen LogP contribution in [0.15, 0.2) is 29.7 Å². The molecule has 0 saturated heterocycles. The van der Waals surface area contributed by atoms with Gasteiger partial charge in [0.25, 0.3) is 0 Å². The predicted molar refractivity (Wildman–Crippen MR) is 43.8 cm³/mol. The van der Waals surface area contributed by atoms with Crippen LogP contribution in [0, 0.1) is 0 Å². The molecule has 0 spiro atoms. The SMILES string of the molecule is [N-]=[N+]=NCC=Cc1cc[nH]c1. The first-order valence-electron chi connectivity index (χ1n) is 3.23. The van der Waals surface area contributed by atoms with Gasteiger partial charge < -0.3 is 4.98 Å². The number of H-pyrrole nitrogens is 1. The number of rotatable bonds is 3. The van der Waals surface area contributed by atoms with Gasteiger partial charge in [0.1, 0.15) is 0 Å². The molecule has 0 aliphatic rings. The van der Waals surface area contributed by atoms with Gasteiger partial charge in [-0.15, -0.1) is 0 Å². The lowest BCUT2D eigenvalue weighted by Gasteiger charge is -1.79. The molecule has 1 aromatic rings. The standard InChI is InChI=1S/C7H8N4/c8-11-10-4-1-2-7-3-5-9-6-7/h1-3,5-6,9H,4H2. The molecule has 0 aromatic carbocycles. The quantitative estimate of drug-likeness (QED) is 0.388. The summed E-state index contributed by atoms with van der Waals surface area (Å²) in [4.78, 5) is 5.54. The molecule has 0 aliphatic carbocycles. The minimum Gasteiger partial charge on any atom is -0.367 e. The molecule has 11 heavy (non-hydrogen) atoms. The first-order chi connectivity index (χ1) is 5.43. The molecule has 1 N–H and O–H groups in total. The van der Waals surface area contributed by atoms with E-state index in [4.69, 9.17) is 5.53 Å². The van der Waals surface area contributed by atoms with E-state index in [1.54, 1.807) is 0 Å². The second-order valence-electron chi connectivity index (χ2n) is 1.96. The Balaban J connectivity index is 2.42. The summed E-state index contributed by atoms with van der Waals surface area (Å²) in [6.07, 6.45) is 7.41. The highest BCUT2D eigenvalue weighted by Crippen LogP contribution is 1.98. The van der Waals surface area contributed by atoms with Crippen molar-refractivity contribution in [1.29, 1.82) is 0 Å².